The van der Waals surface area contributed by atoms with Crippen molar-refractivity contribution in [1.82, 2.24) is 61.0 Å². The Labute approximate surface area is 541 Å². The molecule has 520 valence electrons. The average molecular weight is 1290 g/mol. The van der Waals surface area contributed by atoms with Crippen LogP contribution in [0.2, 0.25) is 0 Å². The van der Waals surface area contributed by atoms with Crippen LogP contribution >= 0.6 is 0 Å². The zero-order valence-corrected chi connectivity index (χ0v) is 58.7. The maximum Gasteiger partial charge on any atom is 0.246 e. The Morgan fingerprint density at radius 2 is 1.03 bits per heavy atom. The van der Waals surface area contributed by atoms with Gasteiger partial charge in [-0.2, -0.15) is 0 Å². The van der Waals surface area contributed by atoms with Crippen molar-refractivity contribution in [1.29, 1.82) is 0 Å². The van der Waals surface area contributed by atoms with Gasteiger partial charge in [0.25, 0.3) is 0 Å². The van der Waals surface area contributed by atoms with E-state index in [1.165, 1.54) is 95.2 Å². The van der Waals surface area contributed by atoms with Gasteiger partial charge in [-0.25, -0.2) is 5.48 Å². The molecule has 1 fully saturated rings. The Kier molecular flexibility index (Phi) is 34.6. The number of nitrogens with one attached hydrogen (secondary N) is 5. The van der Waals surface area contributed by atoms with Gasteiger partial charge in [-0.1, -0.05) is 95.2 Å². The number of hydrogen-bond donors (Lipinski definition) is 7. The highest BCUT2D eigenvalue weighted by atomic mass is 16.5. The summed E-state index contributed by atoms with van der Waals surface area (Å²) in [5.41, 5.74) is 1.54. The number of aliphatic hydroxyl groups excluding tert-OH is 1. The van der Waals surface area contributed by atoms with Gasteiger partial charge in [0.2, 0.25) is 70.9 Å². The summed E-state index contributed by atoms with van der Waals surface area (Å²) < 4.78 is 6.01. The molecule has 0 spiro atoms. The van der Waals surface area contributed by atoms with Gasteiger partial charge >= 0.3 is 0 Å². The number of carbonyl (C=O) groups excluding carboxylic acids is 12. The van der Waals surface area contributed by atoms with Crippen LogP contribution in [0.5, 0.6) is 0 Å². The molecule has 0 aromatic rings. The van der Waals surface area contributed by atoms with E-state index in [-0.39, 0.29) is 69.3 Å². The summed E-state index contributed by atoms with van der Waals surface area (Å²) in [5.74, 6) is -11.4. The lowest BCUT2D eigenvalue weighted by Crippen LogP contribution is -2.63. The van der Waals surface area contributed by atoms with Gasteiger partial charge in [0.15, 0.2) is 0 Å². The van der Waals surface area contributed by atoms with Gasteiger partial charge in [-0.15, -0.1) is 0 Å². The van der Waals surface area contributed by atoms with E-state index in [0.717, 1.165) is 14.7 Å². The lowest BCUT2D eigenvalue weighted by Gasteiger charge is -2.41. The summed E-state index contributed by atoms with van der Waals surface area (Å²) in [5, 5.41) is 32.0. The van der Waals surface area contributed by atoms with Crippen LogP contribution in [0.15, 0.2) is 12.2 Å². The monoisotopic (exact) mass is 1290 g/mol. The fraction of sp³-hybridized carbons (Fsp3) is 0.781. The van der Waals surface area contributed by atoms with E-state index in [9.17, 15) is 53.1 Å². The summed E-state index contributed by atoms with van der Waals surface area (Å²) >= 11 is 0. The second-order valence-electron chi connectivity index (χ2n) is 26.6. The van der Waals surface area contributed by atoms with Crippen LogP contribution in [0.25, 0.3) is 0 Å². The van der Waals surface area contributed by atoms with Gasteiger partial charge in [-0.3, -0.25) is 62.7 Å². The Morgan fingerprint density at radius 3 is 1.52 bits per heavy atom. The number of hydrogen-bond acceptors (Lipinski definition) is 15. The first kappa shape index (κ1) is 82.3. The van der Waals surface area contributed by atoms with Crippen LogP contribution in [-0.4, -0.2) is 251 Å². The molecule has 0 aliphatic carbocycles. The molecule has 7 N–H and O–H groups in total. The lowest BCUT2D eigenvalue weighted by atomic mass is 9.91. The molecule has 12 amide bonds. The highest BCUT2D eigenvalue weighted by Gasteiger charge is 2.46. The molecule has 27 nitrogen and oxygen atoms in total. The minimum absolute atomic E-state index is 0.0408. The molecule has 1 aliphatic heterocycles. The van der Waals surface area contributed by atoms with Crippen molar-refractivity contribution in [3.05, 3.63) is 12.2 Å². The predicted octanol–water partition coefficient (Wildman–Crippen LogP) is 1.91. The van der Waals surface area contributed by atoms with Gasteiger partial charge < -0.3 is 65.4 Å². The predicted molar refractivity (Wildman–Crippen MR) is 344 cm³/mol. The van der Waals surface area contributed by atoms with Crippen LogP contribution in [0.3, 0.4) is 0 Å². The molecule has 1 saturated heterocycles. The van der Waals surface area contributed by atoms with E-state index in [2.05, 4.69) is 21.3 Å². The van der Waals surface area contributed by atoms with Crippen molar-refractivity contribution in [3.63, 3.8) is 0 Å². The van der Waals surface area contributed by atoms with Crippen LogP contribution in [0, 0.1) is 35.5 Å². The number of carbonyl (C=O) groups is 12. The fourth-order valence-corrected chi connectivity index (χ4v) is 11.1. The van der Waals surface area contributed by atoms with Crippen molar-refractivity contribution >= 4 is 70.9 Å². The number of rotatable bonds is 19. The Morgan fingerprint density at radius 1 is 0.560 bits per heavy atom. The number of ether oxygens (including phenoxy) is 1. The number of nitrogens with zero attached hydrogens (tertiary/aromatic N) is 7. The highest BCUT2D eigenvalue weighted by Crippen LogP contribution is 2.26. The first-order valence-corrected chi connectivity index (χ1v) is 32.1. The third-order valence-electron chi connectivity index (χ3n) is 16.8. The van der Waals surface area contributed by atoms with Crippen molar-refractivity contribution in [2.24, 2.45) is 35.5 Å². The largest absolute Gasteiger partial charge is 0.390 e. The molecule has 0 aromatic carbocycles. The molecule has 0 unspecified atom stereocenters. The molecule has 0 radical (unpaired) electrons. The number of aliphatic hydroxyl groups is 1. The quantitative estimate of drug-likeness (QED) is 0.0421. The molecule has 27 heteroatoms. The SMILES string of the molecule is CC=CC[C@@H](C)[C@@H](O)[C@H]1C(=O)N[C@@H](CC)C(=O)N(C)CC(=O)N(C)[C@@H]([C@@H](C)OCCCC(=O)NO)C(=O)N[C@@H](C(C)C)C(=O)N(C)[C@@H](CC(C)C)C(=O)N[C@@H](C)C(=O)N[C@H](C)C(=O)N(C)[C@@H](CC(C)C)C(=O)N(C)[C@@H](CC(C)C)C(=O)N(C)[C@H](C(C)C)C(=O)N1C. The standard InChI is InChI=1S/C64H114N12O15/c1-24-26-28-40(13)54(79)53-58(83)67-44(25-2)60(85)70(17)34-49(78)74(21)52(43(16)91-30-27-29-48(77)69-90)57(82)68-50(38(9)10)63(88)71(18)45(31-35(3)4)56(81)65-41(14)55(80)66-42(15)59(84)72(19)46(32-36(5)6)61(86)73(20)47(33-37(7)8)62(87)75(22)51(39(11)12)64(89)76(53)23/h24,26,35-47,50-54,79,90H,25,27-34H2,1-23H3,(H,65,81)(H,66,80)(H,67,83)(H,68,82)(H,69,77)/t40-,41+,42-,43-,44+,45+,46+,47+,50+,51-,52+,53+,54-/m1/s1. The minimum atomic E-state index is -1.66. The summed E-state index contributed by atoms with van der Waals surface area (Å²) in [6.45, 7) is 26.4. The fourth-order valence-electron chi connectivity index (χ4n) is 11.1. The maximum absolute atomic E-state index is 15.2. The molecule has 1 aliphatic rings. The third-order valence-corrected chi connectivity index (χ3v) is 16.8. The van der Waals surface area contributed by atoms with E-state index in [4.69, 9.17) is 9.94 Å². The normalized spacial score (nSPS) is 26.1. The first-order valence-electron chi connectivity index (χ1n) is 32.1. The molecule has 1 heterocycles. The number of hydroxylamine groups is 1. The molecular weight excluding hydrogens is 1180 g/mol. The van der Waals surface area contributed by atoms with E-state index >= 15 is 9.59 Å². The highest BCUT2D eigenvalue weighted by molar-refractivity contribution is 5.99. The van der Waals surface area contributed by atoms with Gasteiger partial charge in [-0.05, 0) is 102 Å². The molecule has 13 atom stereocenters. The smallest absolute Gasteiger partial charge is 0.246 e. The van der Waals surface area contributed by atoms with Gasteiger partial charge in [0.05, 0.1) is 18.8 Å². The summed E-state index contributed by atoms with van der Waals surface area (Å²) in [7, 11) is 9.58. The zero-order valence-electron chi connectivity index (χ0n) is 58.7. The van der Waals surface area contributed by atoms with Crippen molar-refractivity contribution in [2.45, 2.75) is 228 Å². The summed E-state index contributed by atoms with van der Waals surface area (Å²) in [4.78, 5) is 181. The van der Waals surface area contributed by atoms with Crippen molar-refractivity contribution in [3.8, 4) is 0 Å². The Balaban J connectivity index is 4.39. The van der Waals surface area contributed by atoms with Crippen LogP contribution in [0.4, 0.5) is 0 Å². The summed E-state index contributed by atoms with van der Waals surface area (Å²) in [6.07, 6.45) is 1.37. The van der Waals surface area contributed by atoms with Crippen molar-refractivity contribution in [2.75, 3.05) is 62.5 Å². The summed E-state index contributed by atoms with van der Waals surface area (Å²) in [6, 6.07) is -13.2. The number of allylic oxidation sites excluding steroid dienone is 2. The van der Waals surface area contributed by atoms with E-state index in [1.54, 1.807) is 60.6 Å². The number of likely N-dealkylation sites (N-methyl/N-ethyl adjacent to an activating group) is 7. The van der Waals surface area contributed by atoms with Crippen LogP contribution < -0.4 is 26.7 Å². The van der Waals surface area contributed by atoms with Crippen LogP contribution in [-0.2, 0) is 62.3 Å². The topological polar surface area (TPSA) is 337 Å². The van der Waals surface area contributed by atoms with E-state index in [1.807, 2.05) is 41.5 Å². The van der Waals surface area contributed by atoms with E-state index < -0.39 is 168 Å². The molecular formula is C64H114N12O15. The van der Waals surface area contributed by atoms with Gasteiger partial charge in [0.1, 0.15) is 60.4 Å². The second kappa shape index (κ2) is 38.3. The molecule has 0 aromatic heterocycles. The molecule has 1 rings (SSSR count). The Bertz CT molecular complexity index is 2510. The Hall–Kier alpha value is -6.74. The molecule has 0 saturated carbocycles. The van der Waals surface area contributed by atoms with E-state index in [0.29, 0.717) is 0 Å². The maximum atomic E-state index is 15.2. The third kappa shape index (κ3) is 23.7. The van der Waals surface area contributed by atoms with Crippen LogP contribution in [0.1, 0.15) is 156 Å². The second-order valence-corrected chi connectivity index (χ2v) is 26.6. The zero-order chi connectivity index (χ0) is 70.4. The molecule has 0 bridgehead atoms. The van der Waals surface area contributed by atoms with Gasteiger partial charge in [0, 0.05) is 62.4 Å². The lowest BCUT2D eigenvalue weighted by molar-refractivity contribution is -0.157. The van der Waals surface area contributed by atoms with Crippen molar-refractivity contribution < 1.29 is 72.6 Å². The number of amides is 12. The minimum Gasteiger partial charge on any atom is -0.390 e. The molecule has 91 heavy (non-hydrogen) atoms. The average Bonchev–Trinajstić information content (AvgIpc) is 0.923. The first-order chi connectivity index (χ1) is 42.2.